The number of nitriles is 1. The average molecular weight is 302 g/mol. The molecular weight excluding hydrogens is 292 g/mol. The van der Waals surface area contributed by atoms with Gasteiger partial charge >= 0.3 is 11.4 Å². The van der Waals surface area contributed by atoms with Crippen LogP contribution in [-0.2, 0) is 14.1 Å². The van der Waals surface area contributed by atoms with Crippen LogP contribution in [0.2, 0.25) is 0 Å². The van der Waals surface area contributed by atoms with Gasteiger partial charge in [-0.15, -0.1) is 0 Å². The minimum Gasteiger partial charge on any atom is -0.432 e. The number of aromatic nitrogens is 2. The van der Waals surface area contributed by atoms with Gasteiger partial charge in [0, 0.05) is 20.2 Å². The Balaban J connectivity index is 2.71. The normalized spacial score (nSPS) is 10.0. The van der Waals surface area contributed by atoms with E-state index in [2.05, 4.69) is 0 Å². The van der Waals surface area contributed by atoms with Crippen LogP contribution in [0, 0.1) is 21.4 Å². The molecule has 0 saturated carbocycles. The second kappa shape index (κ2) is 5.53. The molecule has 0 aliphatic heterocycles. The van der Waals surface area contributed by atoms with Gasteiger partial charge in [0.15, 0.2) is 5.56 Å². The van der Waals surface area contributed by atoms with Crippen molar-refractivity contribution < 1.29 is 9.66 Å². The van der Waals surface area contributed by atoms with E-state index in [0.29, 0.717) is 0 Å². The number of ether oxygens (including phenoxy) is 1. The van der Waals surface area contributed by atoms with E-state index < -0.39 is 21.7 Å². The zero-order valence-corrected chi connectivity index (χ0v) is 11.6. The monoisotopic (exact) mass is 302 g/mol. The molecule has 0 N–H and O–H groups in total. The van der Waals surface area contributed by atoms with Crippen LogP contribution in [0.5, 0.6) is 11.6 Å². The second-order valence-corrected chi connectivity index (χ2v) is 4.32. The van der Waals surface area contributed by atoms with Crippen molar-refractivity contribution >= 4 is 5.69 Å². The van der Waals surface area contributed by atoms with Crippen molar-refractivity contribution in [3.8, 4) is 17.7 Å². The van der Waals surface area contributed by atoms with Gasteiger partial charge in [-0.3, -0.25) is 24.0 Å². The molecule has 0 amide bonds. The Morgan fingerprint density at radius 1 is 1.23 bits per heavy atom. The summed E-state index contributed by atoms with van der Waals surface area (Å²) in [5.74, 6) is -0.517. The van der Waals surface area contributed by atoms with Crippen molar-refractivity contribution in [3.05, 3.63) is 60.8 Å². The van der Waals surface area contributed by atoms with E-state index in [1.54, 1.807) is 6.07 Å². The molecule has 0 aliphatic rings. The van der Waals surface area contributed by atoms with E-state index in [4.69, 9.17) is 10.00 Å². The van der Waals surface area contributed by atoms with Gasteiger partial charge in [0.25, 0.3) is 5.56 Å². The lowest BCUT2D eigenvalue weighted by Crippen LogP contribution is -2.38. The van der Waals surface area contributed by atoms with Crippen LogP contribution in [0.15, 0.2) is 33.9 Å². The largest absolute Gasteiger partial charge is 0.432 e. The molecule has 1 aromatic heterocycles. The summed E-state index contributed by atoms with van der Waals surface area (Å²) in [6.45, 7) is 0. The molecule has 0 atom stereocenters. The molecule has 0 saturated heterocycles. The maximum Gasteiger partial charge on any atom is 0.333 e. The first kappa shape index (κ1) is 15.0. The number of nitrogens with zero attached hydrogens (tertiary/aromatic N) is 4. The molecule has 0 bridgehead atoms. The predicted molar refractivity (Wildman–Crippen MR) is 74.8 cm³/mol. The van der Waals surface area contributed by atoms with Crippen LogP contribution in [-0.4, -0.2) is 14.1 Å². The van der Waals surface area contributed by atoms with Crippen LogP contribution < -0.4 is 16.0 Å². The topological polar surface area (TPSA) is 120 Å². The Morgan fingerprint density at radius 2 is 1.86 bits per heavy atom. The van der Waals surface area contributed by atoms with Gasteiger partial charge in [0.1, 0.15) is 6.07 Å². The molecule has 1 heterocycles. The van der Waals surface area contributed by atoms with Crippen LogP contribution in [0.4, 0.5) is 5.69 Å². The third-order valence-electron chi connectivity index (χ3n) is 2.99. The van der Waals surface area contributed by atoms with E-state index in [1.807, 2.05) is 0 Å². The Bertz CT molecular complexity index is 919. The molecule has 9 heteroatoms. The van der Waals surface area contributed by atoms with E-state index in [-0.39, 0.29) is 17.3 Å². The molecule has 0 fully saturated rings. The SMILES string of the molecule is Cn1c(Oc2ccccc2[N+](=O)[O-])c(C#N)c(=O)n(C)c1=O. The molecule has 0 unspecified atom stereocenters. The van der Waals surface area contributed by atoms with E-state index in [0.717, 1.165) is 9.13 Å². The van der Waals surface area contributed by atoms with Gasteiger partial charge in [-0.1, -0.05) is 12.1 Å². The standard InChI is InChI=1S/C13H10N4O5/c1-15-11(18)8(7-14)12(16(2)13(15)19)22-10-6-4-3-5-9(10)17(20)21/h3-6H,1-2H3. The summed E-state index contributed by atoms with van der Waals surface area (Å²) in [5.41, 5.74) is -2.31. The number of nitro benzene ring substituents is 1. The minimum atomic E-state index is -0.834. The summed E-state index contributed by atoms with van der Waals surface area (Å²) < 4.78 is 7.02. The highest BCUT2D eigenvalue weighted by atomic mass is 16.6. The van der Waals surface area contributed by atoms with E-state index in [1.165, 1.54) is 38.4 Å². The smallest absolute Gasteiger partial charge is 0.333 e. The number of para-hydroxylation sites is 2. The summed E-state index contributed by atoms with van der Waals surface area (Å²) in [4.78, 5) is 34.1. The maximum absolute atomic E-state index is 11.9. The summed E-state index contributed by atoms with van der Waals surface area (Å²) in [5, 5.41) is 20.1. The average Bonchev–Trinajstić information content (AvgIpc) is 2.51. The molecule has 2 aromatic rings. The zero-order valence-electron chi connectivity index (χ0n) is 11.6. The number of hydrogen-bond donors (Lipinski definition) is 0. The van der Waals surface area contributed by atoms with Crippen molar-refractivity contribution in [2.75, 3.05) is 0 Å². The first-order valence-corrected chi connectivity index (χ1v) is 6.00. The zero-order chi connectivity index (χ0) is 16.4. The minimum absolute atomic E-state index is 0.174. The van der Waals surface area contributed by atoms with Gasteiger partial charge in [-0.05, 0) is 6.07 Å². The van der Waals surface area contributed by atoms with Crippen molar-refractivity contribution in [1.29, 1.82) is 5.26 Å². The molecular formula is C13H10N4O5. The maximum atomic E-state index is 11.9. The number of nitro groups is 1. The van der Waals surface area contributed by atoms with Crippen molar-refractivity contribution in [3.63, 3.8) is 0 Å². The third-order valence-corrected chi connectivity index (χ3v) is 2.99. The summed E-state index contributed by atoms with van der Waals surface area (Å²) in [7, 11) is 2.52. The van der Waals surface area contributed by atoms with Crippen LogP contribution in [0.1, 0.15) is 5.56 Å². The van der Waals surface area contributed by atoms with Crippen LogP contribution >= 0.6 is 0 Å². The molecule has 0 aliphatic carbocycles. The van der Waals surface area contributed by atoms with Gasteiger partial charge in [0.2, 0.25) is 11.6 Å². The van der Waals surface area contributed by atoms with Gasteiger partial charge in [-0.2, -0.15) is 5.26 Å². The molecule has 2 rings (SSSR count). The lowest BCUT2D eigenvalue weighted by Gasteiger charge is -2.12. The Kier molecular flexibility index (Phi) is 3.77. The van der Waals surface area contributed by atoms with Crippen LogP contribution in [0.25, 0.3) is 0 Å². The van der Waals surface area contributed by atoms with Crippen molar-refractivity contribution in [1.82, 2.24) is 9.13 Å². The Hall–Kier alpha value is -3.41. The first-order valence-electron chi connectivity index (χ1n) is 6.00. The fourth-order valence-electron chi connectivity index (χ4n) is 1.84. The van der Waals surface area contributed by atoms with Crippen molar-refractivity contribution in [2.45, 2.75) is 0 Å². The second-order valence-electron chi connectivity index (χ2n) is 4.32. The highest BCUT2D eigenvalue weighted by Crippen LogP contribution is 2.30. The van der Waals surface area contributed by atoms with Gasteiger partial charge in [-0.25, -0.2) is 4.79 Å². The lowest BCUT2D eigenvalue weighted by molar-refractivity contribution is -0.385. The number of rotatable bonds is 3. The van der Waals surface area contributed by atoms with E-state index >= 15 is 0 Å². The lowest BCUT2D eigenvalue weighted by atomic mass is 10.3. The fraction of sp³-hybridized carbons (Fsp3) is 0.154. The summed E-state index contributed by atoms with van der Waals surface area (Å²) in [6.07, 6.45) is 0. The van der Waals surface area contributed by atoms with Gasteiger partial charge < -0.3 is 4.74 Å². The Labute approximate surface area is 123 Å². The molecule has 1 aromatic carbocycles. The molecule has 112 valence electrons. The first-order chi connectivity index (χ1) is 10.4. The van der Waals surface area contributed by atoms with Crippen LogP contribution in [0.3, 0.4) is 0 Å². The molecule has 22 heavy (non-hydrogen) atoms. The predicted octanol–water partition coefficient (Wildman–Crippen LogP) is 0.656. The number of hydrogen-bond acceptors (Lipinski definition) is 6. The van der Waals surface area contributed by atoms with Gasteiger partial charge in [0.05, 0.1) is 4.92 Å². The fourth-order valence-corrected chi connectivity index (χ4v) is 1.84. The molecule has 0 radical (unpaired) electrons. The molecule has 9 nitrogen and oxygen atoms in total. The molecule has 0 spiro atoms. The van der Waals surface area contributed by atoms with E-state index in [9.17, 15) is 19.7 Å². The summed E-state index contributed by atoms with van der Waals surface area (Å²) >= 11 is 0. The Morgan fingerprint density at radius 3 is 2.45 bits per heavy atom. The highest BCUT2D eigenvalue weighted by Gasteiger charge is 2.21. The summed E-state index contributed by atoms with van der Waals surface area (Å²) in [6, 6.07) is 7.11. The quantitative estimate of drug-likeness (QED) is 0.606. The van der Waals surface area contributed by atoms with Crippen molar-refractivity contribution in [2.24, 2.45) is 14.1 Å². The number of benzene rings is 1. The highest BCUT2D eigenvalue weighted by molar-refractivity contribution is 5.49. The third kappa shape index (κ3) is 2.33.